The van der Waals surface area contributed by atoms with Crippen LogP contribution in [0.2, 0.25) is 0 Å². The summed E-state index contributed by atoms with van der Waals surface area (Å²) in [5.74, 6) is -0.385. The molecule has 0 saturated carbocycles. The second-order valence-electron chi connectivity index (χ2n) is 3.03. The van der Waals surface area contributed by atoms with E-state index in [1.165, 1.54) is 12.1 Å². The van der Waals surface area contributed by atoms with E-state index in [9.17, 15) is 15.3 Å². The fourth-order valence-corrected chi connectivity index (χ4v) is 1.44. The first-order valence-corrected chi connectivity index (χ1v) is 4.03. The van der Waals surface area contributed by atoms with E-state index >= 15 is 0 Å². The number of anilines is 1. The lowest BCUT2D eigenvalue weighted by Gasteiger charge is -2.07. The van der Waals surface area contributed by atoms with Crippen molar-refractivity contribution in [3.05, 3.63) is 24.3 Å². The summed E-state index contributed by atoms with van der Waals surface area (Å²) in [6.45, 7) is 0. The Hall–Kier alpha value is -2.10. The Morgan fingerprint density at radius 2 is 1.71 bits per heavy atom. The maximum absolute atomic E-state index is 9.57. The zero-order valence-electron chi connectivity index (χ0n) is 7.23. The zero-order chi connectivity index (χ0) is 10.3. The Bertz CT molecular complexity index is 508. The van der Waals surface area contributed by atoms with Crippen molar-refractivity contribution in [2.24, 2.45) is 0 Å². The summed E-state index contributed by atoms with van der Waals surface area (Å²) >= 11 is 0. The molecule has 4 nitrogen and oxygen atoms in total. The summed E-state index contributed by atoms with van der Waals surface area (Å²) in [4.78, 5) is 0. The van der Waals surface area contributed by atoms with Crippen molar-refractivity contribution in [2.45, 2.75) is 0 Å². The van der Waals surface area contributed by atoms with Gasteiger partial charge in [0.1, 0.15) is 17.2 Å². The molecule has 0 spiro atoms. The average Bonchev–Trinajstić information content (AvgIpc) is 2.14. The molecule has 0 unspecified atom stereocenters. The maximum Gasteiger partial charge on any atom is 0.150 e. The molecule has 0 heterocycles. The quantitative estimate of drug-likeness (QED) is 0.289. The molecular formula is C10H9NO3. The molecule has 0 amide bonds. The third-order valence-electron chi connectivity index (χ3n) is 2.12. The standard InChI is InChI=1S/C10H9NO3/c11-6-4-8(13)5-2-1-3-7(12)9(5)10(6)14/h1-4,12-14H,11H2. The van der Waals surface area contributed by atoms with E-state index in [1.54, 1.807) is 12.1 Å². The summed E-state index contributed by atoms with van der Waals surface area (Å²) in [5.41, 5.74) is 5.47. The van der Waals surface area contributed by atoms with Crippen molar-refractivity contribution >= 4 is 16.5 Å². The number of hydrogen-bond acceptors (Lipinski definition) is 4. The van der Waals surface area contributed by atoms with Crippen LogP contribution in [0.5, 0.6) is 17.2 Å². The summed E-state index contributed by atoms with van der Waals surface area (Å²) in [6, 6.07) is 5.83. The van der Waals surface area contributed by atoms with Crippen LogP contribution >= 0.6 is 0 Å². The van der Waals surface area contributed by atoms with Crippen LogP contribution in [0.3, 0.4) is 0 Å². The highest BCUT2D eigenvalue weighted by Crippen LogP contribution is 2.41. The molecule has 2 aromatic carbocycles. The molecule has 0 aliphatic carbocycles. The van der Waals surface area contributed by atoms with Crippen LogP contribution in [-0.2, 0) is 0 Å². The minimum Gasteiger partial charge on any atom is -0.507 e. The minimum absolute atomic E-state index is 0.0384. The lowest BCUT2D eigenvalue weighted by molar-refractivity contribution is 0.459. The molecule has 0 fully saturated rings. The van der Waals surface area contributed by atoms with Crippen molar-refractivity contribution in [1.29, 1.82) is 0 Å². The van der Waals surface area contributed by atoms with Crippen LogP contribution < -0.4 is 5.73 Å². The number of phenols is 3. The predicted molar refractivity (Wildman–Crippen MR) is 53.4 cm³/mol. The van der Waals surface area contributed by atoms with E-state index < -0.39 is 0 Å². The third kappa shape index (κ3) is 1.01. The van der Waals surface area contributed by atoms with Crippen LogP contribution in [-0.4, -0.2) is 15.3 Å². The van der Waals surface area contributed by atoms with Gasteiger partial charge >= 0.3 is 0 Å². The number of aromatic hydroxyl groups is 3. The second-order valence-corrected chi connectivity index (χ2v) is 3.03. The van der Waals surface area contributed by atoms with Gasteiger partial charge in [-0.25, -0.2) is 0 Å². The maximum atomic E-state index is 9.57. The molecule has 0 atom stereocenters. The van der Waals surface area contributed by atoms with E-state index in [0.717, 1.165) is 0 Å². The fraction of sp³-hybridized carbons (Fsp3) is 0. The van der Waals surface area contributed by atoms with E-state index in [1.807, 2.05) is 0 Å². The molecule has 0 saturated heterocycles. The summed E-state index contributed by atoms with van der Waals surface area (Å²) in [6.07, 6.45) is 0. The van der Waals surface area contributed by atoms with Gasteiger partial charge < -0.3 is 21.1 Å². The van der Waals surface area contributed by atoms with Gasteiger partial charge in [0.05, 0.1) is 11.1 Å². The molecule has 72 valence electrons. The number of rotatable bonds is 0. The molecule has 0 radical (unpaired) electrons. The van der Waals surface area contributed by atoms with E-state index in [-0.39, 0.29) is 28.3 Å². The smallest absolute Gasteiger partial charge is 0.150 e. The number of fused-ring (bicyclic) bond motifs is 1. The summed E-state index contributed by atoms with van der Waals surface area (Å²) in [7, 11) is 0. The first-order chi connectivity index (χ1) is 6.61. The first kappa shape index (κ1) is 8.50. The number of nitrogens with two attached hydrogens (primary N) is 1. The third-order valence-corrected chi connectivity index (χ3v) is 2.12. The Kier molecular flexibility index (Phi) is 1.64. The lowest BCUT2D eigenvalue weighted by Crippen LogP contribution is -1.87. The van der Waals surface area contributed by atoms with Crippen molar-refractivity contribution in [1.82, 2.24) is 0 Å². The van der Waals surface area contributed by atoms with Crippen molar-refractivity contribution < 1.29 is 15.3 Å². The van der Waals surface area contributed by atoms with Crippen molar-refractivity contribution in [3.8, 4) is 17.2 Å². The van der Waals surface area contributed by atoms with Gasteiger partial charge in [0, 0.05) is 11.5 Å². The molecule has 0 aliphatic rings. The number of hydrogen-bond donors (Lipinski definition) is 4. The highest BCUT2D eigenvalue weighted by atomic mass is 16.3. The molecular weight excluding hydrogens is 182 g/mol. The molecule has 2 rings (SSSR count). The molecule has 0 aromatic heterocycles. The lowest BCUT2D eigenvalue weighted by atomic mass is 10.1. The normalized spacial score (nSPS) is 10.6. The van der Waals surface area contributed by atoms with Gasteiger partial charge in [0.15, 0.2) is 0 Å². The van der Waals surface area contributed by atoms with Gasteiger partial charge in [-0.3, -0.25) is 0 Å². The summed E-state index contributed by atoms with van der Waals surface area (Å²) in [5, 5.41) is 29.1. The highest BCUT2D eigenvalue weighted by molar-refractivity contribution is 6.00. The van der Waals surface area contributed by atoms with E-state index in [4.69, 9.17) is 5.73 Å². The number of nitrogen functional groups attached to an aromatic ring is 1. The van der Waals surface area contributed by atoms with Gasteiger partial charge in [0.25, 0.3) is 0 Å². The van der Waals surface area contributed by atoms with Crippen LogP contribution in [0.4, 0.5) is 5.69 Å². The Morgan fingerprint density at radius 3 is 2.43 bits per heavy atom. The fourth-order valence-electron chi connectivity index (χ4n) is 1.44. The highest BCUT2D eigenvalue weighted by Gasteiger charge is 2.11. The SMILES string of the molecule is Nc1cc(O)c2cccc(O)c2c1O. The van der Waals surface area contributed by atoms with Crippen LogP contribution in [0.15, 0.2) is 24.3 Å². The van der Waals surface area contributed by atoms with Crippen LogP contribution in [0.25, 0.3) is 10.8 Å². The van der Waals surface area contributed by atoms with Gasteiger partial charge in [-0.1, -0.05) is 12.1 Å². The topological polar surface area (TPSA) is 86.7 Å². The molecule has 14 heavy (non-hydrogen) atoms. The van der Waals surface area contributed by atoms with E-state index in [0.29, 0.717) is 5.39 Å². The van der Waals surface area contributed by atoms with Gasteiger partial charge in [-0.15, -0.1) is 0 Å². The Labute approximate surface area is 79.8 Å². The Morgan fingerprint density at radius 1 is 1.00 bits per heavy atom. The monoisotopic (exact) mass is 191 g/mol. The predicted octanol–water partition coefficient (Wildman–Crippen LogP) is 1.54. The largest absolute Gasteiger partial charge is 0.507 e. The zero-order valence-corrected chi connectivity index (χ0v) is 7.23. The van der Waals surface area contributed by atoms with E-state index in [2.05, 4.69) is 0 Å². The second kappa shape index (κ2) is 2.70. The molecule has 0 bridgehead atoms. The number of benzene rings is 2. The van der Waals surface area contributed by atoms with Crippen molar-refractivity contribution in [2.75, 3.05) is 5.73 Å². The molecule has 5 N–H and O–H groups in total. The van der Waals surface area contributed by atoms with Gasteiger partial charge in [-0.05, 0) is 6.07 Å². The van der Waals surface area contributed by atoms with Gasteiger partial charge in [0.2, 0.25) is 0 Å². The molecule has 2 aromatic rings. The number of phenolic OH excluding ortho intramolecular Hbond substituents is 3. The first-order valence-electron chi connectivity index (χ1n) is 4.03. The Balaban J connectivity index is 3.03. The van der Waals surface area contributed by atoms with Crippen LogP contribution in [0, 0.1) is 0 Å². The van der Waals surface area contributed by atoms with Gasteiger partial charge in [-0.2, -0.15) is 0 Å². The average molecular weight is 191 g/mol. The molecule has 4 heteroatoms. The molecule has 0 aliphatic heterocycles. The minimum atomic E-state index is -0.212. The van der Waals surface area contributed by atoms with Crippen LogP contribution in [0.1, 0.15) is 0 Å². The van der Waals surface area contributed by atoms with Crippen molar-refractivity contribution in [3.63, 3.8) is 0 Å². The summed E-state index contributed by atoms with van der Waals surface area (Å²) < 4.78 is 0.